The molecule has 18 heavy (non-hydrogen) atoms. The van der Waals surface area contributed by atoms with Crippen LogP contribution in [0.1, 0.15) is 21.6 Å². The van der Waals surface area contributed by atoms with E-state index in [1.54, 1.807) is 24.5 Å². The van der Waals surface area contributed by atoms with E-state index in [-0.39, 0.29) is 5.56 Å². The first-order valence-electron chi connectivity index (χ1n) is 5.25. The first kappa shape index (κ1) is 11.8. The van der Waals surface area contributed by atoms with E-state index in [9.17, 15) is 4.79 Å². The number of anilines is 1. The second kappa shape index (κ2) is 4.70. The van der Waals surface area contributed by atoms with Crippen LogP contribution >= 0.6 is 0 Å². The lowest BCUT2D eigenvalue weighted by Gasteiger charge is -1.97. The number of aromatic carboxylic acids is 1. The van der Waals surface area contributed by atoms with Crippen LogP contribution in [-0.4, -0.2) is 27.0 Å². The van der Waals surface area contributed by atoms with Gasteiger partial charge in [-0.05, 0) is 24.6 Å². The summed E-state index contributed by atoms with van der Waals surface area (Å²) >= 11 is 0. The molecule has 1 aromatic heterocycles. The lowest BCUT2D eigenvalue weighted by molar-refractivity contribution is 0.0697. The molecule has 0 aliphatic rings. The van der Waals surface area contributed by atoms with Crippen molar-refractivity contribution in [1.29, 1.82) is 0 Å². The summed E-state index contributed by atoms with van der Waals surface area (Å²) in [4.78, 5) is 14.7. The summed E-state index contributed by atoms with van der Waals surface area (Å²) in [5.41, 5.74) is 7.44. The number of carboxylic acids is 1. The number of nitrogens with zero attached hydrogens (tertiary/aromatic N) is 3. The van der Waals surface area contributed by atoms with E-state index in [1.165, 1.54) is 16.8 Å². The lowest BCUT2D eigenvalue weighted by atomic mass is 10.1. The Bertz CT molecular complexity index is 599. The zero-order valence-corrected chi connectivity index (χ0v) is 9.74. The van der Waals surface area contributed by atoms with Crippen LogP contribution in [-0.2, 0) is 0 Å². The molecule has 6 nitrogen and oxygen atoms in total. The summed E-state index contributed by atoms with van der Waals surface area (Å²) in [5.74, 6) is -0.640. The monoisotopic (exact) mass is 244 g/mol. The molecule has 1 heterocycles. The minimum absolute atomic E-state index is 0.241. The molecule has 0 radical (unpaired) electrons. The SMILES string of the molecule is Cc1cn(N=Cc2ccc(C(=O)O)cc2)c(N)n1. The third kappa shape index (κ3) is 2.54. The van der Waals surface area contributed by atoms with Gasteiger partial charge >= 0.3 is 5.97 Å². The molecule has 3 N–H and O–H groups in total. The van der Waals surface area contributed by atoms with Crippen LogP contribution < -0.4 is 5.73 Å². The molecule has 0 spiro atoms. The van der Waals surface area contributed by atoms with Gasteiger partial charge in [-0.1, -0.05) is 12.1 Å². The molecule has 0 atom stereocenters. The van der Waals surface area contributed by atoms with E-state index in [4.69, 9.17) is 10.8 Å². The minimum Gasteiger partial charge on any atom is -0.478 e. The van der Waals surface area contributed by atoms with Crippen molar-refractivity contribution in [2.75, 3.05) is 5.73 Å². The Kier molecular flexibility index (Phi) is 3.09. The lowest BCUT2D eigenvalue weighted by Crippen LogP contribution is -1.98. The van der Waals surface area contributed by atoms with Crippen molar-refractivity contribution >= 4 is 18.1 Å². The number of aryl methyl sites for hydroxylation is 1. The predicted octanol–water partition coefficient (Wildman–Crippen LogP) is 1.35. The third-order valence-electron chi connectivity index (χ3n) is 2.32. The molecule has 6 heteroatoms. The molecule has 0 aliphatic heterocycles. The Balaban J connectivity index is 2.18. The minimum atomic E-state index is -0.951. The number of carbonyl (C=O) groups is 1. The zero-order valence-electron chi connectivity index (χ0n) is 9.74. The Morgan fingerprint density at radius 1 is 1.44 bits per heavy atom. The highest BCUT2D eigenvalue weighted by Crippen LogP contribution is 2.05. The number of nitrogens with two attached hydrogens (primary N) is 1. The quantitative estimate of drug-likeness (QED) is 0.797. The van der Waals surface area contributed by atoms with E-state index in [2.05, 4.69) is 10.1 Å². The van der Waals surface area contributed by atoms with Gasteiger partial charge in [-0.3, -0.25) is 0 Å². The maximum Gasteiger partial charge on any atom is 0.335 e. The van der Waals surface area contributed by atoms with E-state index in [0.717, 1.165) is 11.3 Å². The number of nitrogen functional groups attached to an aromatic ring is 1. The fraction of sp³-hybridized carbons (Fsp3) is 0.0833. The first-order valence-corrected chi connectivity index (χ1v) is 5.25. The van der Waals surface area contributed by atoms with Gasteiger partial charge in [0, 0.05) is 0 Å². The standard InChI is InChI=1S/C12H12N4O2/c1-8-7-16(12(13)15-8)14-6-9-2-4-10(5-3-9)11(17)18/h2-7H,1H3,(H2,13,15)(H,17,18). The van der Waals surface area contributed by atoms with Gasteiger partial charge in [0.25, 0.3) is 0 Å². The second-order valence-corrected chi connectivity index (χ2v) is 3.76. The second-order valence-electron chi connectivity index (χ2n) is 3.76. The highest BCUT2D eigenvalue weighted by Gasteiger charge is 2.01. The zero-order chi connectivity index (χ0) is 13.1. The van der Waals surface area contributed by atoms with Crippen molar-refractivity contribution in [3.05, 3.63) is 47.3 Å². The predicted molar refractivity (Wildman–Crippen MR) is 67.8 cm³/mol. The van der Waals surface area contributed by atoms with Crippen molar-refractivity contribution in [3.63, 3.8) is 0 Å². The van der Waals surface area contributed by atoms with Gasteiger partial charge in [-0.15, -0.1) is 0 Å². The van der Waals surface area contributed by atoms with Crippen LogP contribution in [0.15, 0.2) is 35.6 Å². The fourth-order valence-corrected chi connectivity index (χ4v) is 1.44. The summed E-state index contributed by atoms with van der Waals surface area (Å²) < 4.78 is 1.46. The number of imidazole rings is 1. The Morgan fingerprint density at radius 3 is 2.61 bits per heavy atom. The normalized spacial score (nSPS) is 10.9. The van der Waals surface area contributed by atoms with E-state index < -0.39 is 5.97 Å². The Morgan fingerprint density at radius 2 is 2.11 bits per heavy atom. The first-order chi connectivity index (χ1) is 8.56. The van der Waals surface area contributed by atoms with E-state index in [0.29, 0.717) is 5.95 Å². The average molecular weight is 244 g/mol. The average Bonchev–Trinajstić information content (AvgIpc) is 2.66. The number of hydrogen-bond acceptors (Lipinski definition) is 4. The maximum atomic E-state index is 10.7. The van der Waals surface area contributed by atoms with Crippen molar-refractivity contribution in [2.24, 2.45) is 5.10 Å². The summed E-state index contributed by atoms with van der Waals surface area (Å²) in [6.45, 7) is 1.82. The molecule has 2 rings (SSSR count). The molecule has 0 amide bonds. The molecule has 0 aliphatic carbocycles. The van der Waals surface area contributed by atoms with Gasteiger partial charge < -0.3 is 10.8 Å². The number of benzene rings is 1. The Hall–Kier alpha value is -2.63. The molecule has 0 unspecified atom stereocenters. The molecule has 1 aromatic carbocycles. The smallest absolute Gasteiger partial charge is 0.335 e. The molecular weight excluding hydrogens is 232 g/mol. The van der Waals surface area contributed by atoms with Gasteiger partial charge in [0.05, 0.1) is 23.7 Å². The van der Waals surface area contributed by atoms with Gasteiger partial charge in [-0.2, -0.15) is 5.10 Å². The van der Waals surface area contributed by atoms with Gasteiger partial charge in [0.1, 0.15) is 0 Å². The van der Waals surface area contributed by atoms with Crippen molar-refractivity contribution in [2.45, 2.75) is 6.92 Å². The number of aromatic nitrogens is 2. The summed E-state index contributed by atoms with van der Waals surface area (Å²) in [5, 5.41) is 12.9. The van der Waals surface area contributed by atoms with Crippen molar-refractivity contribution in [1.82, 2.24) is 9.66 Å². The van der Waals surface area contributed by atoms with Gasteiger partial charge in [0.15, 0.2) is 0 Å². The van der Waals surface area contributed by atoms with Gasteiger partial charge in [-0.25, -0.2) is 14.5 Å². The molecule has 0 saturated carbocycles. The Labute approximate surface area is 103 Å². The van der Waals surface area contributed by atoms with Crippen molar-refractivity contribution in [3.8, 4) is 0 Å². The van der Waals surface area contributed by atoms with E-state index in [1.807, 2.05) is 6.92 Å². The topological polar surface area (TPSA) is 93.5 Å². The van der Waals surface area contributed by atoms with Crippen LogP contribution in [0, 0.1) is 6.92 Å². The molecule has 2 aromatic rings. The highest BCUT2D eigenvalue weighted by atomic mass is 16.4. The van der Waals surface area contributed by atoms with Crippen molar-refractivity contribution < 1.29 is 9.90 Å². The molecule has 92 valence electrons. The largest absolute Gasteiger partial charge is 0.478 e. The van der Waals surface area contributed by atoms with E-state index >= 15 is 0 Å². The molecular formula is C12H12N4O2. The maximum absolute atomic E-state index is 10.7. The third-order valence-corrected chi connectivity index (χ3v) is 2.32. The number of hydrogen-bond donors (Lipinski definition) is 2. The summed E-state index contributed by atoms with van der Waals surface area (Å²) in [6, 6.07) is 6.39. The van der Waals surface area contributed by atoms with Crippen LogP contribution in [0.2, 0.25) is 0 Å². The summed E-state index contributed by atoms with van der Waals surface area (Å²) in [6.07, 6.45) is 3.29. The number of carboxylic acid groups (broad SMARTS) is 1. The van der Waals surface area contributed by atoms with Crippen LogP contribution in [0.5, 0.6) is 0 Å². The van der Waals surface area contributed by atoms with Gasteiger partial charge in [0.2, 0.25) is 5.95 Å². The molecule has 0 fully saturated rings. The molecule has 0 bridgehead atoms. The molecule has 0 saturated heterocycles. The van der Waals surface area contributed by atoms with Crippen LogP contribution in [0.4, 0.5) is 5.95 Å². The fourth-order valence-electron chi connectivity index (χ4n) is 1.44. The number of rotatable bonds is 3. The van der Waals surface area contributed by atoms with Crippen LogP contribution in [0.3, 0.4) is 0 Å². The summed E-state index contributed by atoms with van der Waals surface area (Å²) in [7, 11) is 0. The van der Waals surface area contributed by atoms with Crippen LogP contribution in [0.25, 0.3) is 0 Å². The highest BCUT2D eigenvalue weighted by molar-refractivity contribution is 5.89.